The molecule has 0 aliphatic carbocycles. The average molecular weight is 171 g/mol. The minimum Gasteiger partial charge on any atom is -0.369 e. The van der Waals surface area contributed by atoms with Crippen LogP contribution < -0.4 is 17.0 Å². The molecule has 5 nitrogen and oxygen atoms in total. The van der Waals surface area contributed by atoms with Gasteiger partial charge in [0.15, 0.2) is 0 Å². The molecule has 1 aliphatic rings. The molecule has 0 aromatic carbocycles. The van der Waals surface area contributed by atoms with Crippen LogP contribution in [0.1, 0.15) is 12.8 Å². The topological polar surface area (TPSA) is 79.7 Å². The van der Waals surface area contributed by atoms with E-state index in [0.717, 1.165) is 13.1 Å². The Kier molecular flexibility index (Phi) is 3.31. The van der Waals surface area contributed by atoms with E-state index < -0.39 is 0 Å². The van der Waals surface area contributed by atoms with Gasteiger partial charge in [-0.15, -0.1) is 0 Å². The number of nitrogens with two attached hydrogens (primary N) is 2. The first-order chi connectivity index (χ1) is 5.74. The molecule has 5 N–H and O–H groups in total. The number of aliphatic imine (C=N–C) groups is 1. The Morgan fingerprint density at radius 1 is 1.75 bits per heavy atom. The van der Waals surface area contributed by atoms with Crippen LogP contribution in [0.4, 0.5) is 0 Å². The van der Waals surface area contributed by atoms with E-state index in [0.29, 0.717) is 12.0 Å². The van der Waals surface area contributed by atoms with Crippen molar-refractivity contribution in [3.05, 3.63) is 0 Å². The highest BCUT2D eigenvalue weighted by atomic mass is 15.3. The third kappa shape index (κ3) is 2.35. The molecule has 1 unspecified atom stereocenters. The van der Waals surface area contributed by atoms with Gasteiger partial charge in [-0.2, -0.15) is 0 Å². The van der Waals surface area contributed by atoms with E-state index in [2.05, 4.69) is 22.4 Å². The Hall–Kier alpha value is -0.810. The van der Waals surface area contributed by atoms with Gasteiger partial charge in [-0.1, -0.05) is 0 Å². The molecule has 0 bridgehead atoms. The van der Waals surface area contributed by atoms with Crippen LogP contribution in [0, 0.1) is 0 Å². The van der Waals surface area contributed by atoms with Crippen molar-refractivity contribution in [3.8, 4) is 0 Å². The molecule has 5 heteroatoms. The van der Waals surface area contributed by atoms with E-state index in [1.165, 1.54) is 12.8 Å². The Balaban J connectivity index is 2.31. The number of hydrogen-bond donors (Lipinski definition) is 3. The molecule has 0 amide bonds. The van der Waals surface area contributed by atoms with Crippen LogP contribution in [0.15, 0.2) is 4.99 Å². The predicted molar refractivity (Wildman–Crippen MR) is 49.5 cm³/mol. The van der Waals surface area contributed by atoms with Crippen LogP contribution in [0.5, 0.6) is 0 Å². The summed E-state index contributed by atoms with van der Waals surface area (Å²) in [5.41, 5.74) is 7.70. The molecule has 0 saturated carbocycles. The zero-order chi connectivity index (χ0) is 8.97. The van der Waals surface area contributed by atoms with Crippen molar-refractivity contribution in [2.45, 2.75) is 18.9 Å². The second kappa shape index (κ2) is 4.27. The largest absolute Gasteiger partial charge is 0.369 e. The lowest BCUT2D eigenvalue weighted by Gasteiger charge is -2.16. The van der Waals surface area contributed by atoms with Crippen molar-refractivity contribution < 1.29 is 0 Å². The summed E-state index contributed by atoms with van der Waals surface area (Å²) in [7, 11) is 2.11. The van der Waals surface area contributed by atoms with Crippen LogP contribution >= 0.6 is 0 Å². The number of rotatable bonds is 2. The summed E-state index contributed by atoms with van der Waals surface area (Å²) in [6, 6.07) is 0.539. The number of nitrogens with zero attached hydrogens (tertiary/aromatic N) is 2. The molecule has 1 heterocycles. The monoisotopic (exact) mass is 171 g/mol. The summed E-state index contributed by atoms with van der Waals surface area (Å²) >= 11 is 0. The van der Waals surface area contributed by atoms with Gasteiger partial charge >= 0.3 is 0 Å². The zero-order valence-corrected chi connectivity index (χ0v) is 7.45. The Morgan fingerprint density at radius 3 is 3.00 bits per heavy atom. The van der Waals surface area contributed by atoms with E-state index in [9.17, 15) is 0 Å². The second-order valence-corrected chi connectivity index (χ2v) is 3.15. The van der Waals surface area contributed by atoms with Gasteiger partial charge in [0, 0.05) is 6.04 Å². The van der Waals surface area contributed by atoms with Gasteiger partial charge in [-0.05, 0) is 26.4 Å². The molecule has 70 valence electrons. The molecule has 1 saturated heterocycles. The van der Waals surface area contributed by atoms with Crippen molar-refractivity contribution in [3.63, 3.8) is 0 Å². The first-order valence-corrected chi connectivity index (χ1v) is 4.21. The Bertz CT molecular complexity index is 167. The van der Waals surface area contributed by atoms with E-state index >= 15 is 0 Å². The molecular weight excluding hydrogens is 154 g/mol. The highest BCUT2D eigenvalue weighted by Gasteiger charge is 2.19. The fourth-order valence-corrected chi connectivity index (χ4v) is 1.46. The van der Waals surface area contributed by atoms with Crippen LogP contribution in [0.3, 0.4) is 0 Å². The SMILES string of the molecule is CN1CCCC1CN=C(N)NN. The van der Waals surface area contributed by atoms with E-state index in [-0.39, 0.29) is 0 Å². The third-order valence-electron chi connectivity index (χ3n) is 2.29. The molecular formula is C7H17N5. The van der Waals surface area contributed by atoms with Crippen LogP contribution in [0.25, 0.3) is 0 Å². The lowest BCUT2D eigenvalue weighted by atomic mass is 10.2. The van der Waals surface area contributed by atoms with Gasteiger partial charge in [0.05, 0.1) is 6.54 Å². The number of guanidine groups is 1. The van der Waals surface area contributed by atoms with E-state index in [4.69, 9.17) is 11.6 Å². The van der Waals surface area contributed by atoms with Crippen molar-refractivity contribution in [2.24, 2.45) is 16.6 Å². The smallest absolute Gasteiger partial charge is 0.203 e. The first-order valence-electron chi connectivity index (χ1n) is 4.21. The first kappa shape index (κ1) is 9.28. The molecule has 0 radical (unpaired) electrons. The molecule has 1 rings (SSSR count). The minimum absolute atomic E-state index is 0.315. The average Bonchev–Trinajstić information content (AvgIpc) is 2.47. The second-order valence-electron chi connectivity index (χ2n) is 3.15. The van der Waals surface area contributed by atoms with Gasteiger partial charge in [0.2, 0.25) is 5.96 Å². The van der Waals surface area contributed by atoms with Gasteiger partial charge in [-0.3, -0.25) is 10.4 Å². The summed E-state index contributed by atoms with van der Waals surface area (Å²) < 4.78 is 0. The molecule has 1 fully saturated rings. The van der Waals surface area contributed by atoms with Crippen molar-refractivity contribution in [1.82, 2.24) is 10.3 Å². The van der Waals surface area contributed by atoms with Gasteiger partial charge in [0.1, 0.15) is 0 Å². The summed E-state index contributed by atoms with van der Waals surface area (Å²) in [6.07, 6.45) is 2.46. The summed E-state index contributed by atoms with van der Waals surface area (Å²) in [5, 5.41) is 0. The number of likely N-dealkylation sites (N-methyl/N-ethyl adjacent to an activating group) is 1. The van der Waals surface area contributed by atoms with Crippen LogP contribution in [-0.4, -0.2) is 37.0 Å². The summed E-state index contributed by atoms with van der Waals surface area (Å²) in [6.45, 7) is 1.91. The minimum atomic E-state index is 0.315. The number of hydrogen-bond acceptors (Lipinski definition) is 3. The lowest BCUT2D eigenvalue weighted by Crippen LogP contribution is -2.38. The normalized spacial score (nSPS) is 26.2. The third-order valence-corrected chi connectivity index (χ3v) is 2.29. The van der Waals surface area contributed by atoms with E-state index in [1.54, 1.807) is 0 Å². The van der Waals surface area contributed by atoms with Gasteiger partial charge in [-0.25, -0.2) is 5.84 Å². The molecule has 0 spiro atoms. The summed E-state index contributed by atoms with van der Waals surface area (Å²) in [4.78, 5) is 6.39. The fourth-order valence-electron chi connectivity index (χ4n) is 1.46. The van der Waals surface area contributed by atoms with Crippen molar-refractivity contribution in [2.75, 3.05) is 20.1 Å². The molecule has 0 aromatic heterocycles. The molecule has 12 heavy (non-hydrogen) atoms. The highest BCUT2D eigenvalue weighted by molar-refractivity contribution is 5.77. The van der Waals surface area contributed by atoms with Gasteiger partial charge in [0.25, 0.3) is 0 Å². The number of nitrogens with one attached hydrogen (secondary N) is 1. The fraction of sp³-hybridized carbons (Fsp3) is 0.857. The highest BCUT2D eigenvalue weighted by Crippen LogP contribution is 2.14. The maximum atomic E-state index is 5.39. The molecule has 1 atom stereocenters. The quantitative estimate of drug-likeness (QED) is 0.212. The van der Waals surface area contributed by atoms with Gasteiger partial charge < -0.3 is 10.6 Å². The summed E-state index contributed by atoms with van der Waals surface area (Å²) in [5.74, 6) is 5.39. The maximum absolute atomic E-state index is 5.39. The Labute approximate surface area is 72.8 Å². The van der Waals surface area contributed by atoms with Crippen molar-refractivity contribution in [1.29, 1.82) is 0 Å². The standard InChI is InChI=1S/C7H17N5/c1-12-4-2-3-6(12)5-10-7(8)11-9/h6H,2-5,9H2,1H3,(H3,8,10,11). The van der Waals surface area contributed by atoms with Crippen LogP contribution in [0.2, 0.25) is 0 Å². The van der Waals surface area contributed by atoms with E-state index in [1.807, 2.05) is 0 Å². The maximum Gasteiger partial charge on any atom is 0.203 e. The van der Waals surface area contributed by atoms with Crippen molar-refractivity contribution >= 4 is 5.96 Å². The Morgan fingerprint density at radius 2 is 2.50 bits per heavy atom. The molecule has 0 aromatic rings. The number of hydrazine groups is 1. The lowest BCUT2D eigenvalue weighted by molar-refractivity contribution is 0.317. The molecule has 1 aliphatic heterocycles. The van der Waals surface area contributed by atoms with Crippen LogP contribution in [-0.2, 0) is 0 Å². The predicted octanol–water partition coefficient (Wildman–Crippen LogP) is -1.14. The zero-order valence-electron chi connectivity index (χ0n) is 7.45. The number of likely N-dealkylation sites (tertiary alicyclic amines) is 1.